The minimum absolute atomic E-state index is 0.226. The fraction of sp³-hybridized carbons (Fsp3) is 0.533. The first-order valence-corrected chi connectivity index (χ1v) is 7.00. The van der Waals surface area contributed by atoms with Crippen LogP contribution in [0.2, 0.25) is 0 Å². The van der Waals surface area contributed by atoms with Crippen LogP contribution in [-0.4, -0.2) is 16.1 Å². The zero-order chi connectivity index (χ0) is 13.8. The van der Waals surface area contributed by atoms with E-state index in [2.05, 4.69) is 23.4 Å². The maximum Gasteiger partial charge on any atom is 0.125 e. The lowest BCUT2D eigenvalue weighted by Crippen LogP contribution is -2.08. The molecule has 1 heterocycles. The van der Waals surface area contributed by atoms with Crippen molar-refractivity contribution in [3.63, 3.8) is 0 Å². The Morgan fingerprint density at radius 1 is 1.37 bits per heavy atom. The van der Waals surface area contributed by atoms with Gasteiger partial charge >= 0.3 is 0 Å². The normalized spacial score (nSPS) is 13.1. The molecule has 0 aliphatic carbocycles. The Kier molecular flexibility index (Phi) is 4.53. The van der Waals surface area contributed by atoms with E-state index in [0.29, 0.717) is 5.92 Å². The molecule has 2 rings (SSSR count). The summed E-state index contributed by atoms with van der Waals surface area (Å²) in [5, 5.41) is 0. The van der Waals surface area contributed by atoms with Crippen molar-refractivity contribution in [2.75, 3.05) is 6.54 Å². The predicted octanol–water partition coefficient (Wildman–Crippen LogP) is 3.11. The Hall–Kier alpha value is -1.42. The molecule has 1 aromatic heterocycles. The third-order valence-corrected chi connectivity index (χ3v) is 3.63. The average Bonchev–Trinajstić information content (AvgIpc) is 2.73. The van der Waals surface area contributed by atoms with E-state index < -0.39 is 0 Å². The molecule has 0 aliphatic heterocycles. The van der Waals surface area contributed by atoms with Crippen molar-refractivity contribution in [1.82, 2.24) is 9.55 Å². The summed E-state index contributed by atoms with van der Waals surface area (Å²) in [6, 6.07) is 4.82. The lowest BCUT2D eigenvalue weighted by Gasteiger charge is -2.10. The molecule has 19 heavy (non-hydrogen) atoms. The van der Waals surface area contributed by atoms with Gasteiger partial charge in [0.25, 0.3) is 0 Å². The first-order chi connectivity index (χ1) is 9.15. The third kappa shape index (κ3) is 3.13. The maximum absolute atomic E-state index is 13.2. The molecular formula is C15H22FN3. The Bertz CT molecular complexity index is 548. The van der Waals surface area contributed by atoms with Crippen LogP contribution < -0.4 is 5.73 Å². The molecule has 1 unspecified atom stereocenters. The molecule has 0 spiro atoms. The Balaban J connectivity index is 2.22. The van der Waals surface area contributed by atoms with Crippen molar-refractivity contribution in [3.05, 3.63) is 29.8 Å². The summed E-state index contributed by atoms with van der Waals surface area (Å²) in [7, 11) is 0. The van der Waals surface area contributed by atoms with Crippen molar-refractivity contribution in [2.45, 2.75) is 39.7 Å². The van der Waals surface area contributed by atoms with Gasteiger partial charge in [-0.2, -0.15) is 0 Å². The number of hydrogen-bond acceptors (Lipinski definition) is 2. The number of nitrogens with two attached hydrogens (primary N) is 1. The summed E-state index contributed by atoms with van der Waals surface area (Å²) in [5.74, 6) is 1.43. The second-order valence-electron chi connectivity index (χ2n) is 5.13. The predicted molar refractivity (Wildman–Crippen MR) is 76.5 cm³/mol. The highest BCUT2D eigenvalue weighted by Crippen LogP contribution is 2.20. The van der Waals surface area contributed by atoms with Crippen molar-refractivity contribution in [1.29, 1.82) is 0 Å². The van der Waals surface area contributed by atoms with Gasteiger partial charge in [0.2, 0.25) is 0 Å². The number of hydrogen-bond donors (Lipinski definition) is 1. The zero-order valence-electron chi connectivity index (χ0n) is 11.7. The number of rotatable bonds is 6. The van der Waals surface area contributed by atoms with E-state index in [9.17, 15) is 4.39 Å². The van der Waals surface area contributed by atoms with Crippen molar-refractivity contribution < 1.29 is 4.39 Å². The van der Waals surface area contributed by atoms with Gasteiger partial charge in [-0.15, -0.1) is 0 Å². The monoisotopic (exact) mass is 263 g/mol. The van der Waals surface area contributed by atoms with Gasteiger partial charge in [-0.1, -0.05) is 6.92 Å². The summed E-state index contributed by atoms with van der Waals surface area (Å²) < 4.78 is 15.4. The molecule has 0 radical (unpaired) electrons. The van der Waals surface area contributed by atoms with Crippen LogP contribution in [0.4, 0.5) is 4.39 Å². The minimum atomic E-state index is -0.226. The van der Waals surface area contributed by atoms with Gasteiger partial charge in [-0.3, -0.25) is 0 Å². The lowest BCUT2D eigenvalue weighted by atomic mass is 10.0. The average molecular weight is 263 g/mol. The standard InChI is InChI=1S/C15H22FN3/c1-3-19-14-6-5-12(16)10-13(14)18-15(19)7-4-11(2)8-9-17/h5-6,10-11H,3-4,7-9,17H2,1-2H3. The summed E-state index contributed by atoms with van der Waals surface area (Å²) >= 11 is 0. The van der Waals surface area contributed by atoms with E-state index in [0.717, 1.165) is 49.2 Å². The highest BCUT2D eigenvalue weighted by Gasteiger charge is 2.11. The number of benzene rings is 1. The van der Waals surface area contributed by atoms with Crippen molar-refractivity contribution in [2.24, 2.45) is 11.7 Å². The van der Waals surface area contributed by atoms with Gasteiger partial charge < -0.3 is 10.3 Å². The molecule has 4 heteroatoms. The van der Waals surface area contributed by atoms with Crippen LogP contribution in [0.15, 0.2) is 18.2 Å². The number of nitrogens with zero attached hydrogens (tertiary/aromatic N) is 2. The smallest absolute Gasteiger partial charge is 0.125 e. The highest BCUT2D eigenvalue weighted by atomic mass is 19.1. The van der Waals surface area contributed by atoms with Crippen LogP contribution in [0.3, 0.4) is 0 Å². The Labute approximate surface area is 113 Å². The summed E-state index contributed by atoms with van der Waals surface area (Å²) in [6.45, 7) is 5.90. The second-order valence-corrected chi connectivity index (χ2v) is 5.13. The topological polar surface area (TPSA) is 43.8 Å². The van der Waals surface area contributed by atoms with Crippen LogP contribution in [-0.2, 0) is 13.0 Å². The second kappa shape index (κ2) is 6.15. The number of fused-ring (bicyclic) bond motifs is 1. The van der Waals surface area contributed by atoms with E-state index in [1.54, 1.807) is 0 Å². The molecule has 1 atom stereocenters. The van der Waals surface area contributed by atoms with Gasteiger partial charge in [-0.25, -0.2) is 9.37 Å². The van der Waals surface area contributed by atoms with Gasteiger partial charge in [0.15, 0.2) is 0 Å². The molecule has 1 aromatic carbocycles. The van der Waals surface area contributed by atoms with E-state index in [1.807, 2.05) is 6.07 Å². The van der Waals surface area contributed by atoms with Gasteiger partial charge in [-0.05, 0) is 44.4 Å². The SMILES string of the molecule is CCn1c(CCC(C)CCN)nc2cc(F)ccc21. The van der Waals surface area contributed by atoms with Gasteiger partial charge in [0.1, 0.15) is 11.6 Å². The van der Waals surface area contributed by atoms with Gasteiger partial charge in [0.05, 0.1) is 11.0 Å². The molecule has 0 bridgehead atoms. The third-order valence-electron chi connectivity index (χ3n) is 3.63. The first-order valence-electron chi connectivity index (χ1n) is 7.00. The number of aromatic nitrogens is 2. The summed E-state index contributed by atoms with van der Waals surface area (Å²) in [6.07, 6.45) is 3.04. The quantitative estimate of drug-likeness (QED) is 0.870. The minimum Gasteiger partial charge on any atom is -0.330 e. The molecular weight excluding hydrogens is 241 g/mol. The Morgan fingerprint density at radius 3 is 2.84 bits per heavy atom. The largest absolute Gasteiger partial charge is 0.330 e. The van der Waals surface area contributed by atoms with Gasteiger partial charge in [0, 0.05) is 19.0 Å². The fourth-order valence-electron chi connectivity index (χ4n) is 2.50. The maximum atomic E-state index is 13.2. The van der Waals surface area contributed by atoms with E-state index in [1.165, 1.54) is 12.1 Å². The number of halogens is 1. The molecule has 104 valence electrons. The summed E-state index contributed by atoms with van der Waals surface area (Å²) in [5.41, 5.74) is 7.34. The van der Waals surface area contributed by atoms with E-state index in [4.69, 9.17) is 5.73 Å². The molecule has 0 amide bonds. The van der Waals surface area contributed by atoms with E-state index >= 15 is 0 Å². The molecule has 0 saturated heterocycles. The Morgan fingerprint density at radius 2 is 2.16 bits per heavy atom. The van der Waals surface area contributed by atoms with Crippen LogP contribution in [0.1, 0.15) is 32.5 Å². The van der Waals surface area contributed by atoms with E-state index in [-0.39, 0.29) is 5.82 Å². The van der Waals surface area contributed by atoms with Crippen molar-refractivity contribution in [3.8, 4) is 0 Å². The van der Waals surface area contributed by atoms with Crippen LogP contribution in [0, 0.1) is 11.7 Å². The zero-order valence-corrected chi connectivity index (χ0v) is 11.7. The van der Waals surface area contributed by atoms with Crippen LogP contribution in [0.25, 0.3) is 11.0 Å². The lowest BCUT2D eigenvalue weighted by molar-refractivity contribution is 0.488. The molecule has 2 aromatic rings. The summed E-state index contributed by atoms with van der Waals surface area (Å²) in [4.78, 5) is 4.57. The molecule has 2 N–H and O–H groups in total. The number of imidazole rings is 1. The van der Waals surface area contributed by atoms with Crippen LogP contribution >= 0.6 is 0 Å². The fourth-order valence-corrected chi connectivity index (χ4v) is 2.50. The highest BCUT2D eigenvalue weighted by molar-refractivity contribution is 5.76. The molecule has 3 nitrogen and oxygen atoms in total. The first kappa shape index (κ1) is 14.0. The number of aryl methyl sites for hydroxylation is 2. The molecule has 0 fully saturated rings. The van der Waals surface area contributed by atoms with Crippen LogP contribution in [0.5, 0.6) is 0 Å². The molecule has 0 saturated carbocycles. The van der Waals surface area contributed by atoms with Crippen molar-refractivity contribution >= 4 is 11.0 Å². The molecule has 0 aliphatic rings.